The van der Waals surface area contributed by atoms with E-state index in [9.17, 15) is 0 Å². The van der Waals surface area contributed by atoms with Gasteiger partial charge < -0.3 is 0 Å². The molecule has 18 heavy (non-hydrogen) atoms. The summed E-state index contributed by atoms with van der Waals surface area (Å²) < 4.78 is 0. The molecule has 4 bridgehead atoms. The van der Waals surface area contributed by atoms with Crippen molar-refractivity contribution in [3.05, 3.63) is 0 Å². The van der Waals surface area contributed by atoms with Crippen LogP contribution in [0.2, 0.25) is 0 Å². The first-order valence-corrected chi connectivity index (χ1v) is 8.60. The van der Waals surface area contributed by atoms with E-state index in [0.29, 0.717) is 5.41 Å². The van der Waals surface area contributed by atoms with Crippen molar-refractivity contribution in [3.8, 4) is 0 Å². The summed E-state index contributed by atoms with van der Waals surface area (Å²) in [6, 6.07) is 0. The number of hydrogen-bond donors (Lipinski definition) is 0. The molecular formula is C18H30. The second-order valence-corrected chi connectivity index (χ2v) is 8.57. The normalized spacial score (nSPS) is 62.5. The van der Waals surface area contributed by atoms with Crippen LogP contribution in [0, 0.1) is 46.8 Å². The van der Waals surface area contributed by atoms with E-state index in [0.717, 1.165) is 41.4 Å². The van der Waals surface area contributed by atoms with Crippen molar-refractivity contribution in [2.24, 2.45) is 46.8 Å². The molecule has 4 rings (SSSR count). The summed E-state index contributed by atoms with van der Waals surface area (Å²) in [4.78, 5) is 0. The fourth-order valence-corrected chi connectivity index (χ4v) is 7.08. The Morgan fingerprint density at radius 2 is 1.61 bits per heavy atom. The Kier molecular flexibility index (Phi) is 2.47. The van der Waals surface area contributed by atoms with E-state index in [-0.39, 0.29) is 0 Å². The molecule has 4 aliphatic rings. The van der Waals surface area contributed by atoms with Crippen LogP contribution in [-0.4, -0.2) is 0 Å². The largest absolute Gasteiger partial charge is 0.0620 e. The summed E-state index contributed by atoms with van der Waals surface area (Å²) in [7, 11) is 0. The van der Waals surface area contributed by atoms with E-state index < -0.39 is 0 Å². The van der Waals surface area contributed by atoms with Gasteiger partial charge in [0, 0.05) is 0 Å². The van der Waals surface area contributed by atoms with Crippen LogP contribution in [-0.2, 0) is 0 Å². The summed E-state index contributed by atoms with van der Waals surface area (Å²) in [5.74, 6) is 7.48. The summed E-state index contributed by atoms with van der Waals surface area (Å²) in [6.45, 7) is 7.92. The van der Waals surface area contributed by atoms with Gasteiger partial charge in [0.2, 0.25) is 0 Å². The second-order valence-electron chi connectivity index (χ2n) is 8.57. The molecule has 4 fully saturated rings. The third-order valence-electron chi connectivity index (χ3n) is 8.39. The predicted molar refractivity (Wildman–Crippen MR) is 76.2 cm³/mol. The minimum absolute atomic E-state index is 0.712. The lowest BCUT2D eigenvalue weighted by Crippen LogP contribution is -2.45. The molecule has 0 saturated heterocycles. The highest BCUT2D eigenvalue weighted by atomic mass is 14.6. The Morgan fingerprint density at radius 1 is 0.833 bits per heavy atom. The lowest BCUT2D eigenvalue weighted by molar-refractivity contribution is -0.0301. The molecule has 4 saturated carbocycles. The Labute approximate surface area is 113 Å². The molecule has 0 radical (unpaired) electrons. The van der Waals surface area contributed by atoms with Crippen molar-refractivity contribution in [2.75, 3.05) is 0 Å². The van der Waals surface area contributed by atoms with Crippen LogP contribution in [0.25, 0.3) is 0 Å². The minimum atomic E-state index is 0.712. The van der Waals surface area contributed by atoms with E-state index in [1.807, 2.05) is 0 Å². The first-order valence-electron chi connectivity index (χ1n) is 8.60. The second kappa shape index (κ2) is 3.76. The van der Waals surface area contributed by atoms with E-state index in [1.165, 1.54) is 0 Å². The van der Waals surface area contributed by atoms with Crippen molar-refractivity contribution < 1.29 is 0 Å². The molecule has 8 unspecified atom stereocenters. The maximum atomic E-state index is 2.70. The van der Waals surface area contributed by atoms with Crippen LogP contribution in [0.4, 0.5) is 0 Å². The Balaban J connectivity index is 1.66. The van der Waals surface area contributed by atoms with Crippen LogP contribution >= 0.6 is 0 Å². The zero-order valence-electron chi connectivity index (χ0n) is 12.5. The van der Waals surface area contributed by atoms with Gasteiger partial charge in [0.15, 0.2) is 0 Å². The standard InChI is InChI=1S/C18H30/c1-11-14-5-4-13(8-14)9-17(11)18(3)12(2)15-6-7-16(18)10-15/h11-17H,4-10H2,1-3H3. The average Bonchev–Trinajstić information content (AvgIpc) is 3.03. The van der Waals surface area contributed by atoms with Crippen LogP contribution < -0.4 is 0 Å². The highest BCUT2D eigenvalue weighted by Crippen LogP contribution is 2.67. The fourth-order valence-electron chi connectivity index (χ4n) is 7.08. The molecular weight excluding hydrogens is 216 g/mol. The quantitative estimate of drug-likeness (QED) is 0.601. The Morgan fingerprint density at radius 3 is 2.33 bits per heavy atom. The molecule has 0 aromatic rings. The molecule has 4 aliphatic carbocycles. The van der Waals surface area contributed by atoms with Crippen molar-refractivity contribution in [1.82, 2.24) is 0 Å². The smallest absolute Gasteiger partial charge is 0.0238 e. The van der Waals surface area contributed by atoms with Gasteiger partial charge in [-0.2, -0.15) is 0 Å². The fraction of sp³-hybridized carbons (Fsp3) is 1.00. The third-order valence-corrected chi connectivity index (χ3v) is 8.39. The number of hydrogen-bond acceptors (Lipinski definition) is 0. The molecule has 0 N–H and O–H groups in total. The zero-order valence-corrected chi connectivity index (χ0v) is 12.5. The first-order chi connectivity index (χ1) is 8.60. The Hall–Kier alpha value is 0. The maximum Gasteiger partial charge on any atom is -0.0238 e. The Bertz CT molecular complexity index is 342. The summed E-state index contributed by atoms with van der Waals surface area (Å²) in [5.41, 5.74) is 0.712. The zero-order chi connectivity index (χ0) is 12.5. The summed E-state index contributed by atoms with van der Waals surface area (Å²) in [6.07, 6.45) is 11.0. The monoisotopic (exact) mass is 246 g/mol. The minimum Gasteiger partial charge on any atom is -0.0620 e. The van der Waals surface area contributed by atoms with E-state index in [4.69, 9.17) is 0 Å². The SMILES string of the molecule is CC1C2CCC(C2)CC1C1(C)C2CCC(C2)C1C. The topological polar surface area (TPSA) is 0 Å². The van der Waals surface area contributed by atoms with Crippen LogP contribution in [0.15, 0.2) is 0 Å². The highest BCUT2D eigenvalue weighted by molar-refractivity contribution is 5.08. The van der Waals surface area contributed by atoms with E-state index in [2.05, 4.69) is 20.8 Å². The molecule has 0 heteroatoms. The molecule has 8 atom stereocenters. The molecule has 0 aromatic heterocycles. The van der Waals surface area contributed by atoms with Crippen LogP contribution in [0.5, 0.6) is 0 Å². The van der Waals surface area contributed by atoms with Crippen LogP contribution in [0.1, 0.15) is 65.7 Å². The molecule has 0 spiro atoms. The van der Waals surface area contributed by atoms with Gasteiger partial charge in [-0.3, -0.25) is 0 Å². The van der Waals surface area contributed by atoms with Crippen molar-refractivity contribution in [3.63, 3.8) is 0 Å². The summed E-state index contributed by atoms with van der Waals surface area (Å²) >= 11 is 0. The van der Waals surface area contributed by atoms with Gasteiger partial charge in [0.25, 0.3) is 0 Å². The predicted octanol–water partition coefficient (Wildman–Crippen LogP) is 5.13. The first kappa shape index (κ1) is 11.8. The van der Waals surface area contributed by atoms with Gasteiger partial charge >= 0.3 is 0 Å². The van der Waals surface area contributed by atoms with E-state index >= 15 is 0 Å². The van der Waals surface area contributed by atoms with Gasteiger partial charge in [-0.1, -0.05) is 27.2 Å². The lowest BCUT2D eigenvalue weighted by atomic mass is 9.53. The highest BCUT2D eigenvalue weighted by Gasteiger charge is 2.59. The van der Waals surface area contributed by atoms with Gasteiger partial charge in [-0.15, -0.1) is 0 Å². The molecule has 0 aliphatic heterocycles. The maximum absolute atomic E-state index is 2.70. The molecule has 0 nitrogen and oxygen atoms in total. The average molecular weight is 246 g/mol. The van der Waals surface area contributed by atoms with Gasteiger partial charge in [0.1, 0.15) is 0 Å². The van der Waals surface area contributed by atoms with Crippen molar-refractivity contribution >= 4 is 0 Å². The molecule has 102 valence electrons. The van der Waals surface area contributed by atoms with Crippen molar-refractivity contribution in [1.29, 1.82) is 0 Å². The van der Waals surface area contributed by atoms with E-state index in [1.54, 1.807) is 44.9 Å². The van der Waals surface area contributed by atoms with Gasteiger partial charge in [-0.25, -0.2) is 0 Å². The summed E-state index contributed by atoms with van der Waals surface area (Å²) in [5, 5.41) is 0. The third kappa shape index (κ3) is 1.33. The van der Waals surface area contributed by atoms with Gasteiger partial charge in [0.05, 0.1) is 0 Å². The number of rotatable bonds is 1. The number of fused-ring (bicyclic) bond motifs is 4. The molecule has 0 heterocycles. The van der Waals surface area contributed by atoms with Gasteiger partial charge in [-0.05, 0) is 85.4 Å². The molecule has 0 aromatic carbocycles. The molecule has 0 amide bonds. The van der Waals surface area contributed by atoms with Crippen molar-refractivity contribution in [2.45, 2.75) is 65.7 Å². The van der Waals surface area contributed by atoms with Crippen LogP contribution in [0.3, 0.4) is 0 Å². The lowest BCUT2D eigenvalue weighted by Gasteiger charge is -2.51.